The fraction of sp³-hybridized carbons (Fsp3) is 0.222. The van der Waals surface area contributed by atoms with Crippen molar-refractivity contribution in [3.8, 4) is 11.5 Å². The molecule has 0 atom stereocenters. The Balaban J connectivity index is 1.46. The van der Waals surface area contributed by atoms with Crippen LogP contribution in [0.25, 0.3) is 0 Å². The minimum Gasteiger partial charge on any atom is -0.486 e. The number of halogens is 1. The van der Waals surface area contributed by atoms with Gasteiger partial charge in [0.25, 0.3) is 5.69 Å². The van der Waals surface area contributed by atoms with Crippen molar-refractivity contribution in [2.24, 2.45) is 0 Å². The van der Waals surface area contributed by atoms with E-state index < -0.39 is 4.92 Å². The Morgan fingerprint density at radius 1 is 1.30 bits per heavy atom. The Bertz CT molecular complexity index is 1080. The zero-order chi connectivity index (χ0) is 21.1. The van der Waals surface area contributed by atoms with Crippen LogP contribution in [0.15, 0.2) is 41.6 Å². The fourth-order valence-corrected chi connectivity index (χ4v) is 3.79. The first-order chi connectivity index (χ1) is 14.5. The minimum absolute atomic E-state index is 0.0234. The summed E-state index contributed by atoms with van der Waals surface area (Å²) in [7, 11) is 0. The van der Waals surface area contributed by atoms with Crippen molar-refractivity contribution in [3.05, 3.63) is 68.5 Å². The molecule has 0 saturated carbocycles. The number of nitrogen functional groups attached to an aromatic ring is 1. The van der Waals surface area contributed by atoms with Crippen LogP contribution in [0, 0.1) is 10.1 Å². The predicted molar refractivity (Wildman–Crippen MR) is 109 cm³/mol. The van der Waals surface area contributed by atoms with Crippen LogP contribution in [0.5, 0.6) is 11.5 Å². The molecule has 30 heavy (non-hydrogen) atoms. The third-order valence-corrected chi connectivity index (χ3v) is 5.50. The van der Waals surface area contributed by atoms with E-state index in [-0.39, 0.29) is 25.7 Å². The highest BCUT2D eigenvalue weighted by Gasteiger charge is 2.22. The number of nitrogens with two attached hydrogens (primary N) is 1. The molecule has 0 spiro atoms. The van der Waals surface area contributed by atoms with E-state index in [0.29, 0.717) is 44.4 Å². The minimum atomic E-state index is -0.444. The Hall–Kier alpha value is -3.02. The molecule has 156 valence electrons. The van der Waals surface area contributed by atoms with Gasteiger partial charge in [0.2, 0.25) is 5.16 Å². The summed E-state index contributed by atoms with van der Waals surface area (Å²) in [4.78, 5) is 10.8. The number of nitro groups is 1. The number of aromatic nitrogens is 3. The number of hydrogen-bond donors (Lipinski definition) is 1. The molecule has 2 N–H and O–H groups in total. The van der Waals surface area contributed by atoms with Crippen molar-refractivity contribution in [1.29, 1.82) is 0 Å². The van der Waals surface area contributed by atoms with Crippen molar-refractivity contribution < 1.29 is 19.1 Å². The van der Waals surface area contributed by atoms with E-state index in [2.05, 4.69) is 10.2 Å². The molecule has 4 rings (SSSR count). The number of non-ortho nitro benzene ring substituents is 1. The molecular formula is C18H16ClN5O5S. The Labute approximate surface area is 180 Å². The van der Waals surface area contributed by atoms with Gasteiger partial charge in [-0.3, -0.25) is 10.1 Å². The molecule has 0 radical (unpaired) electrons. The van der Waals surface area contributed by atoms with Crippen LogP contribution < -0.4 is 15.3 Å². The largest absolute Gasteiger partial charge is 0.486 e. The van der Waals surface area contributed by atoms with E-state index in [4.69, 9.17) is 31.7 Å². The molecular weight excluding hydrogens is 434 g/mol. The maximum atomic E-state index is 11.2. The summed E-state index contributed by atoms with van der Waals surface area (Å²) in [6.45, 7) is 0.480. The van der Waals surface area contributed by atoms with Gasteiger partial charge in [0.1, 0.15) is 18.1 Å². The van der Waals surface area contributed by atoms with E-state index in [1.54, 1.807) is 24.3 Å². The molecule has 2 heterocycles. The fourth-order valence-electron chi connectivity index (χ4n) is 2.82. The highest BCUT2D eigenvalue weighted by Crippen LogP contribution is 2.36. The molecule has 0 amide bonds. The van der Waals surface area contributed by atoms with Crippen molar-refractivity contribution in [3.63, 3.8) is 0 Å². The third-order valence-electron chi connectivity index (χ3n) is 4.26. The summed E-state index contributed by atoms with van der Waals surface area (Å²) in [5.74, 6) is 8.08. The molecule has 0 fully saturated rings. The first kappa shape index (κ1) is 20.3. The molecule has 10 nitrogen and oxygen atoms in total. The third kappa shape index (κ3) is 4.42. The van der Waals surface area contributed by atoms with Crippen molar-refractivity contribution >= 4 is 29.1 Å². The van der Waals surface area contributed by atoms with Gasteiger partial charge in [0.05, 0.1) is 11.5 Å². The zero-order valence-corrected chi connectivity index (χ0v) is 17.1. The monoisotopic (exact) mass is 449 g/mol. The Kier molecular flexibility index (Phi) is 5.93. The first-order valence-electron chi connectivity index (χ1n) is 8.72. The normalized spacial score (nSPS) is 12.8. The standard InChI is InChI=1S/C18H16ClN5O5S/c19-13-1-3-15(4-2-13)28-8-16-21-22-18(23(16)20)30-9-12-6-14(24(25)26)5-11-7-27-10-29-17(11)12/h1-6H,7-10,20H2. The average Bonchev–Trinajstić information content (AvgIpc) is 3.10. The van der Waals surface area contributed by atoms with Gasteiger partial charge in [0, 0.05) is 34.0 Å². The molecule has 1 aliphatic rings. The van der Waals surface area contributed by atoms with Gasteiger partial charge in [0.15, 0.2) is 12.6 Å². The van der Waals surface area contributed by atoms with Gasteiger partial charge in [-0.1, -0.05) is 23.4 Å². The number of rotatable bonds is 7. The molecule has 3 aromatic rings. The lowest BCUT2D eigenvalue weighted by Gasteiger charge is -2.20. The quantitative estimate of drug-likeness (QED) is 0.250. The van der Waals surface area contributed by atoms with Crippen LogP contribution in [0.1, 0.15) is 17.0 Å². The van der Waals surface area contributed by atoms with Crippen LogP contribution in [-0.4, -0.2) is 26.6 Å². The van der Waals surface area contributed by atoms with E-state index >= 15 is 0 Å². The summed E-state index contributed by atoms with van der Waals surface area (Å²) in [6.07, 6.45) is 0. The number of thioether (sulfide) groups is 1. The van der Waals surface area contributed by atoms with Gasteiger partial charge in [-0.25, -0.2) is 4.68 Å². The summed E-state index contributed by atoms with van der Waals surface area (Å²) >= 11 is 7.14. The van der Waals surface area contributed by atoms with E-state index in [9.17, 15) is 10.1 Å². The second-order valence-corrected chi connectivity index (χ2v) is 7.64. The van der Waals surface area contributed by atoms with E-state index in [1.165, 1.54) is 28.6 Å². The highest BCUT2D eigenvalue weighted by atomic mass is 35.5. The number of nitro benzene ring substituents is 1. The molecule has 12 heteroatoms. The van der Waals surface area contributed by atoms with Crippen LogP contribution in [0.4, 0.5) is 5.69 Å². The predicted octanol–water partition coefficient (Wildman–Crippen LogP) is 3.29. The lowest BCUT2D eigenvalue weighted by atomic mass is 10.1. The first-order valence-corrected chi connectivity index (χ1v) is 10.1. The van der Waals surface area contributed by atoms with E-state index in [1.807, 2.05) is 0 Å². The van der Waals surface area contributed by atoms with Gasteiger partial charge in [-0.05, 0) is 24.3 Å². The van der Waals surface area contributed by atoms with Crippen LogP contribution >= 0.6 is 23.4 Å². The molecule has 2 aromatic carbocycles. The molecule has 0 unspecified atom stereocenters. The second kappa shape index (κ2) is 8.78. The maximum absolute atomic E-state index is 11.2. The lowest BCUT2D eigenvalue weighted by molar-refractivity contribution is -0.385. The van der Waals surface area contributed by atoms with Crippen molar-refractivity contribution in [1.82, 2.24) is 14.9 Å². The zero-order valence-electron chi connectivity index (χ0n) is 15.5. The Morgan fingerprint density at radius 2 is 2.10 bits per heavy atom. The molecule has 0 bridgehead atoms. The summed E-state index contributed by atoms with van der Waals surface area (Å²) in [5, 5.41) is 20.4. The molecule has 1 aromatic heterocycles. The maximum Gasteiger partial charge on any atom is 0.270 e. The number of nitrogens with zero attached hydrogens (tertiary/aromatic N) is 4. The summed E-state index contributed by atoms with van der Waals surface area (Å²) in [5.41, 5.74) is 1.27. The topological polar surface area (TPSA) is 128 Å². The van der Waals surface area contributed by atoms with Crippen molar-refractivity contribution in [2.45, 2.75) is 24.1 Å². The van der Waals surface area contributed by atoms with Crippen LogP contribution in [0.3, 0.4) is 0 Å². The summed E-state index contributed by atoms with van der Waals surface area (Å²) in [6, 6.07) is 9.87. The van der Waals surface area contributed by atoms with Crippen LogP contribution in [0.2, 0.25) is 5.02 Å². The molecule has 0 saturated heterocycles. The smallest absolute Gasteiger partial charge is 0.270 e. The van der Waals surface area contributed by atoms with Crippen LogP contribution in [-0.2, 0) is 23.7 Å². The summed E-state index contributed by atoms with van der Waals surface area (Å²) < 4.78 is 17.7. The average molecular weight is 450 g/mol. The number of benzene rings is 2. The van der Waals surface area contributed by atoms with Crippen molar-refractivity contribution in [2.75, 3.05) is 12.6 Å². The van der Waals surface area contributed by atoms with Gasteiger partial charge in [-0.2, -0.15) is 0 Å². The van der Waals surface area contributed by atoms with Gasteiger partial charge < -0.3 is 20.1 Å². The second-order valence-electron chi connectivity index (χ2n) is 6.26. The molecule has 1 aliphatic heterocycles. The highest BCUT2D eigenvalue weighted by molar-refractivity contribution is 7.98. The number of hydrogen-bond acceptors (Lipinski definition) is 9. The number of ether oxygens (including phenoxy) is 3. The number of fused-ring (bicyclic) bond motifs is 1. The SMILES string of the molecule is Nn1c(COc2ccc(Cl)cc2)nnc1SCc1cc([N+](=O)[O-])cc2c1OCOC2. The van der Waals surface area contributed by atoms with Gasteiger partial charge >= 0.3 is 0 Å². The Morgan fingerprint density at radius 3 is 2.87 bits per heavy atom. The van der Waals surface area contributed by atoms with E-state index in [0.717, 1.165) is 0 Å². The lowest BCUT2D eigenvalue weighted by Crippen LogP contribution is -2.16. The molecule has 0 aliphatic carbocycles. The van der Waals surface area contributed by atoms with Gasteiger partial charge in [-0.15, -0.1) is 10.2 Å².